The predicted molar refractivity (Wildman–Crippen MR) is 76.0 cm³/mol. The van der Waals surface area contributed by atoms with Crippen molar-refractivity contribution in [3.63, 3.8) is 0 Å². The smallest absolute Gasteiger partial charge is 0.276 e. The van der Waals surface area contributed by atoms with Crippen molar-refractivity contribution in [2.45, 2.75) is 58.0 Å². The Morgan fingerprint density at radius 1 is 1.42 bits per heavy atom. The zero-order chi connectivity index (χ0) is 14.0. The SMILES string of the molecule is CC(C)n1cc(N)c(C(=O)N(C)C2CCCCC2)n1. The summed E-state index contributed by atoms with van der Waals surface area (Å²) < 4.78 is 1.75. The van der Waals surface area contributed by atoms with E-state index in [-0.39, 0.29) is 11.9 Å². The molecule has 0 aromatic carbocycles. The molecule has 1 aromatic heterocycles. The van der Waals surface area contributed by atoms with Crippen LogP contribution in [0.5, 0.6) is 0 Å². The molecule has 0 radical (unpaired) electrons. The molecule has 19 heavy (non-hydrogen) atoms. The van der Waals surface area contributed by atoms with E-state index >= 15 is 0 Å². The van der Waals surface area contributed by atoms with Gasteiger partial charge in [0.05, 0.1) is 5.69 Å². The van der Waals surface area contributed by atoms with E-state index in [1.54, 1.807) is 10.9 Å². The van der Waals surface area contributed by atoms with Crippen molar-refractivity contribution in [1.82, 2.24) is 14.7 Å². The summed E-state index contributed by atoms with van der Waals surface area (Å²) in [6.07, 6.45) is 7.62. The average molecular weight is 264 g/mol. The third-order valence-electron chi connectivity index (χ3n) is 3.93. The monoisotopic (exact) mass is 264 g/mol. The highest BCUT2D eigenvalue weighted by Crippen LogP contribution is 2.24. The first-order chi connectivity index (χ1) is 9.00. The number of hydrogen-bond donors (Lipinski definition) is 1. The maximum absolute atomic E-state index is 12.5. The molecule has 5 nitrogen and oxygen atoms in total. The standard InChI is InChI=1S/C14H24N4O/c1-10(2)18-9-12(15)13(16-18)14(19)17(3)11-7-5-4-6-8-11/h9-11H,4-8,15H2,1-3H3. The second-order valence-electron chi connectivity index (χ2n) is 5.71. The van der Waals surface area contributed by atoms with Gasteiger partial charge in [-0.1, -0.05) is 19.3 Å². The molecule has 5 heteroatoms. The molecule has 2 N–H and O–H groups in total. The van der Waals surface area contributed by atoms with Crippen LogP contribution in [0, 0.1) is 0 Å². The van der Waals surface area contributed by atoms with E-state index in [0.717, 1.165) is 12.8 Å². The van der Waals surface area contributed by atoms with E-state index in [1.165, 1.54) is 19.3 Å². The van der Waals surface area contributed by atoms with E-state index in [2.05, 4.69) is 5.10 Å². The number of carbonyl (C=O) groups excluding carboxylic acids is 1. The lowest BCUT2D eigenvalue weighted by molar-refractivity contribution is 0.0690. The first-order valence-corrected chi connectivity index (χ1v) is 7.12. The molecule has 0 atom stereocenters. The molecule has 106 valence electrons. The molecule has 1 fully saturated rings. The Bertz CT molecular complexity index is 446. The number of anilines is 1. The van der Waals surface area contributed by atoms with Gasteiger partial charge in [-0.2, -0.15) is 5.10 Å². The number of carbonyl (C=O) groups is 1. The normalized spacial score (nSPS) is 16.8. The number of hydrogen-bond acceptors (Lipinski definition) is 3. The number of nitrogens with zero attached hydrogens (tertiary/aromatic N) is 3. The zero-order valence-corrected chi connectivity index (χ0v) is 12.1. The molecule has 0 bridgehead atoms. The summed E-state index contributed by atoms with van der Waals surface area (Å²) in [5.74, 6) is -0.0520. The van der Waals surface area contributed by atoms with E-state index < -0.39 is 0 Å². The van der Waals surface area contributed by atoms with Crippen molar-refractivity contribution in [3.05, 3.63) is 11.9 Å². The molecule has 0 aliphatic heterocycles. The van der Waals surface area contributed by atoms with Crippen LogP contribution in [0.15, 0.2) is 6.20 Å². The van der Waals surface area contributed by atoms with Crippen molar-refractivity contribution >= 4 is 11.6 Å². The van der Waals surface area contributed by atoms with Crippen molar-refractivity contribution in [2.24, 2.45) is 0 Å². The number of aromatic nitrogens is 2. The summed E-state index contributed by atoms with van der Waals surface area (Å²) in [7, 11) is 1.87. The van der Waals surface area contributed by atoms with Crippen LogP contribution in [0.4, 0.5) is 5.69 Å². The molecular formula is C14H24N4O. The summed E-state index contributed by atoms with van der Waals surface area (Å²) in [6, 6.07) is 0.550. The molecule has 1 amide bonds. The van der Waals surface area contributed by atoms with Gasteiger partial charge in [0.2, 0.25) is 0 Å². The minimum atomic E-state index is -0.0520. The van der Waals surface area contributed by atoms with Gasteiger partial charge in [0, 0.05) is 25.3 Å². The average Bonchev–Trinajstić information content (AvgIpc) is 2.80. The molecule has 0 unspecified atom stereocenters. The lowest BCUT2D eigenvalue weighted by Gasteiger charge is -2.30. The Morgan fingerprint density at radius 2 is 2.05 bits per heavy atom. The summed E-state index contributed by atoms with van der Waals surface area (Å²) in [4.78, 5) is 14.3. The van der Waals surface area contributed by atoms with E-state index in [1.807, 2.05) is 25.8 Å². The lowest BCUT2D eigenvalue weighted by atomic mass is 9.94. The third-order valence-corrected chi connectivity index (χ3v) is 3.93. The molecule has 0 spiro atoms. The maximum Gasteiger partial charge on any atom is 0.276 e. The van der Waals surface area contributed by atoms with Gasteiger partial charge < -0.3 is 10.6 Å². The van der Waals surface area contributed by atoms with Gasteiger partial charge in [-0.15, -0.1) is 0 Å². The Kier molecular flexibility index (Phi) is 4.12. The Morgan fingerprint density at radius 3 is 2.58 bits per heavy atom. The molecular weight excluding hydrogens is 240 g/mol. The van der Waals surface area contributed by atoms with Crippen molar-refractivity contribution in [1.29, 1.82) is 0 Å². The summed E-state index contributed by atoms with van der Waals surface area (Å²) in [5.41, 5.74) is 6.78. The molecule has 2 rings (SSSR count). The fraction of sp³-hybridized carbons (Fsp3) is 0.714. The quantitative estimate of drug-likeness (QED) is 0.912. The van der Waals surface area contributed by atoms with E-state index in [4.69, 9.17) is 5.73 Å². The largest absolute Gasteiger partial charge is 0.396 e. The van der Waals surface area contributed by atoms with Crippen LogP contribution in [0.3, 0.4) is 0 Å². The van der Waals surface area contributed by atoms with Crippen LogP contribution in [-0.4, -0.2) is 33.7 Å². The fourth-order valence-electron chi connectivity index (χ4n) is 2.64. The zero-order valence-electron chi connectivity index (χ0n) is 12.1. The summed E-state index contributed by atoms with van der Waals surface area (Å²) >= 11 is 0. The number of amides is 1. The second kappa shape index (κ2) is 5.63. The second-order valence-corrected chi connectivity index (χ2v) is 5.71. The molecule has 1 aromatic rings. The van der Waals surface area contributed by atoms with E-state index in [9.17, 15) is 4.79 Å². The number of rotatable bonds is 3. The fourth-order valence-corrected chi connectivity index (χ4v) is 2.64. The highest BCUT2D eigenvalue weighted by Gasteiger charge is 2.26. The maximum atomic E-state index is 12.5. The van der Waals surface area contributed by atoms with Crippen molar-refractivity contribution < 1.29 is 4.79 Å². The van der Waals surface area contributed by atoms with Crippen LogP contribution < -0.4 is 5.73 Å². The van der Waals surface area contributed by atoms with Gasteiger partial charge in [0.15, 0.2) is 5.69 Å². The van der Waals surface area contributed by atoms with Crippen LogP contribution in [0.25, 0.3) is 0 Å². The number of nitrogens with two attached hydrogens (primary N) is 1. The van der Waals surface area contributed by atoms with Gasteiger partial charge in [0.1, 0.15) is 0 Å². The third kappa shape index (κ3) is 2.91. The molecule has 1 heterocycles. The van der Waals surface area contributed by atoms with Crippen LogP contribution >= 0.6 is 0 Å². The lowest BCUT2D eigenvalue weighted by Crippen LogP contribution is -2.38. The highest BCUT2D eigenvalue weighted by atomic mass is 16.2. The van der Waals surface area contributed by atoms with Crippen molar-refractivity contribution in [3.8, 4) is 0 Å². The minimum Gasteiger partial charge on any atom is -0.396 e. The molecule has 1 aliphatic carbocycles. The molecule has 0 saturated heterocycles. The summed E-state index contributed by atoms with van der Waals surface area (Å²) in [5, 5.41) is 4.33. The van der Waals surface area contributed by atoms with Gasteiger partial charge in [-0.3, -0.25) is 9.48 Å². The van der Waals surface area contributed by atoms with Gasteiger partial charge in [0.25, 0.3) is 5.91 Å². The Labute approximate surface area is 114 Å². The molecule has 1 saturated carbocycles. The molecule has 1 aliphatic rings. The summed E-state index contributed by atoms with van der Waals surface area (Å²) in [6.45, 7) is 4.04. The highest BCUT2D eigenvalue weighted by molar-refractivity contribution is 5.97. The number of nitrogen functional groups attached to an aromatic ring is 1. The minimum absolute atomic E-state index is 0.0520. The van der Waals surface area contributed by atoms with Crippen LogP contribution in [0.2, 0.25) is 0 Å². The first kappa shape index (κ1) is 13.9. The van der Waals surface area contributed by atoms with Crippen molar-refractivity contribution in [2.75, 3.05) is 12.8 Å². The Balaban J connectivity index is 2.14. The van der Waals surface area contributed by atoms with Crippen LogP contribution in [0.1, 0.15) is 62.5 Å². The van der Waals surface area contributed by atoms with Gasteiger partial charge >= 0.3 is 0 Å². The predicted octanol–water partition coefficient (Wildman–Crippen LogP) is 2.45. The van der Waals surface area contributed by atoms with E-state index in [0.29, 0.717) is 17.4 Å². The topological polar surface area (TPSA) is 64.2 Å². The van der Waals surface area contributed by atoms with Gasteiger partial charge in [-0.25, -0.2) is 0 Å². The first-order valence-electron chi connectivity index (χ1n) is 7.12. The Hall–Kier alpha value is -1.52. The van der Waals surface area contributed by atoms with Crippen LogP contribution in [-0.2, 0) is 0 Å². The van der Waals surface area contributed by atoms with Gasteiger partial charge in [-0.05, 0) is 26.7 Å².